The summed E-state index contributed by atoms with van der Waals surface area (Å²) in [4.78, 5) is 43.6. The Morgan fingerprint density at radius 2 is 1.89 bits per heavy atom. The molecule has 1 aromatic heterocycles. The maximum Gasteiger partial charge on any atom is 0.286 e. The zero-order valence-electron chi connectivity index (χ0n) is 13.7. The highest BCUT2D eigenvalue weighted by atomic mass is 16.6. The van der Waals surface area contributed by atoms with Gasteiger partial charge in [-0.2, -0.15) is 0 Å². The number of nitrogens with zero attached hydrogens (tertiary/aromatic N) is 3. The molecule has 1 unspecified atom stereocenters. The molecule has 2 aromatic rings. The second-order valence-electron chi connectivity index (χ2n) is 5.41. The highest BCUT2D eigenvalue weighted by Gasteiger charge is 2.19. The van der Waals surface area contributed by atoms with Crippen LogP contribution < -0.4 is 16.0 Å². The smallest absolute Gasteiger partial charge is 0.286 e. The van der Waals surface area contributed by atoms with Crippen LogP contribution in [0.25, 0.3) is 0 Å². The van der Waals surface area contributed by atoms with Gasteiger partial charge in [0.05, 0.1) is 28.7 Å². The number of nitrogens with two attached hydrogens (primary N) is 1. The van der Waals surface area contributed by atoms with E-state index in [0.717, 1.165) is 22.9 Å². The zero-order chi connectivity index (χ0) is 20.1. The Morgan fingerprint density at radius 1 is 1.22 bits per heavy atom. The molecule has 27 heavy (non-hydrogen) atoms. The van der Waals surface area contributed by atoms with E-state index in [0.29, 0.717) is 0 Å². The fourth-order valence-electron chi connectivity index (χ4n) is 2.19. The first-order chi connectivity index (χ1) is 12.7. The predicted molar refractivity (Wildman–Crippen MR) is 90.5 cm³/mol. The molecular weight excluding hydrogens is 364 g/mol. The van der Waals surface area contributed by atoms with E-state index < -0.39 is 45.2 Å². The minimum absolute atomic E-state index is 0.118. The van der Waals surface area contributed by atoms with Gasteiger partial charge in [-0.1, -0.05) is 6.07 Å². The first kappa shape index (κ1) is 19.5. The third-order valence-corrected chi connectivity index (χ3v) is 3.43. The lowest BCUT2D eigenvalue weighted by atomic mass is 10.2. The van der Waals surface area contributed by atoms with Gasteiger partial charge in [-0.3, -0.25) is 29.8 Å². The first-order valence-corrected chi connectivity index (χ1v) is 7.43. The number of non-ortho nitro benzene ring substituents is 1. The lowest BCUT2D eigenvalue weighted by molar-refractivity contribution is -0.385. The van der Waals surface area contributed by atoms with Crippen LogP contribution in [-0.2, 0) is 6.54 Å². The summed E-state index contributed by atoms with van der Waals surface area (Å²) < 4.78 is 6.01. The largest absolute Gasteiger partial charge is 0.491 e. The standard InChI is InChI=1S/C15H14N4O8/c16-14(21)13-5-10(19(25)26)6-17(15(13)22)7-11(20)8-27-12-3-1-2-9(4-12)18(23)24/h1-6,11,20H,7-8H2,(H2,16,21). The third-order valence-electron chi connectivity index (χ3n) is 3.43. The molecule has 1 heterocycles. The molecule has 0 aliphatic rings. The number of nitro benzene ring substituents is 1. The Hall–Kier alpha value is -3.80. The Bertz CT molecular complexity index is 955. The number of carbonyl (C=O) groups is 1. The van der Waals surface area contributed by atoms with Crippen molar-refractivity contribution < 1.29 is 24.5 Å². The van der Waals surface area contributed by atoms with Gasteiger partial charge in [0.2, 0.25) is 0 Å². The molecule has 0 aliphatic heterocycles. The fourth-order valence-corrected chi connectivity index (χ4v) is 2.19. The normalized spacial score (nSPS) is 11.6. The number of nitro groups is 2. The van der Waals surface area contributed by atoms with Crippen molar-refractivity contribution in [3.63, 3.8) is 0 Å². The van der Waals surface area contributed by atoms with Gasteiger partial charge >= 0.3 is 0 Å². The molecule has 142 valence electrons. The summed E-state index contributed by atoms with van der Waals surface area (Å²) >= 11 is 0. The summed E-state index contributed by atoms with van der Waals surface area (Å²) in [7, 11) is 0. The van der Waals surface area contributed by atoms with E-state index in [4.69, 9.17) is 10.5 Å². The number of aliphatic hydroxyl groups excluding tert-OH is 1. The molecule has 1 aromatic carbocycles. The van der Waals surface area contributed by atoms with Crippen LogP contribution in [0.5, 0.6) is 5.75 Å². The fraction of sp³-hybridized carbons (Fsp3) is 0.200. The van der Waals surface area contributed by atoms with Crippen molar-refractivity contribution in [2.75, 3.05) is 6.61 Å². The van der Waals surface area contributed by atoms with Gasteiger partial charge in [0, 0.05) is 12.1 Å². The van der Waals surface area contributed by atoms with Gasteiger partial charge < -0.3 is 20.1 Å². The number of aliphatic hydroxyl groups is 1. The summed E-state index contributed by atoms with van der Waals surface area (Å²) in [5.41, 5.74) is 2.80. The Balaban J connectivity index is 2.15. The number of benzene rings is 1. The van der Waals surface area contributed by atoms with Crippen LogP contribution in [0.3, 0.4) is 0 Å². The van der Waals surface area contributed by atoms with Gasteiger partial charge in [-0.25, -0.2) is 0 Å². The number of ether oxygens (including phenoxy) is 1. The molecule has 0 saturated carbocycles. The molecule has 1 amide bonds. The van der Waals surface area contributed by atoms with E-state index in [1.807, 2.05) is 0 Å². The van der Waals surface area contributed by atoms with Gasteiger partial charge in [0.1, 0.15) is 24.0 Å². The number of rotatable bonds is 8. The van der Waals surface area contributed by atoms with Crippen LogP contribution in [0.4, 0.5) is 11.4 Å². The number of carbonyl (C=O) groups excluding carboxylic acids is 1. The lowest BCUT2D eigenvalue weighted by Crippen LogP contribution is -2.34. The average Bonchev–Trinajstić information content (AvgIpc) is 2.61. The lowest BCUT2D eigenvalue weighted by Gasteiger charge is -2.14. The highest BCUT2D eigenvalue weighted by Crippen LogP contribution is 2.19. The molecule has 3 N–H and O–H groups in total. The van der Waals surface area contributed by atoms with Crippen LogP contribution in [0, 0.1) is 20.2 Å². The minimum Gasteiger partial charge on any atom is -0.491 e. The molecule has 1 atom stereocenters. The van der Waals surface area contributed by atoms with Crippen molar-refractivity contribution in [2.24, 2.45) is 5.73 Å². The molecule has 12 heteroatoms. The highest BCUT2D eigenvalue weighted by molar-refractivity contribution is 5.92. The van der Waals surface area contributed by atoms with E-state index >= 15 is 0 Å². The van der Waals surface area contributed by atoms with E-state index in [-0.39, 0.29) is 18.0 Å². The summed E-state index contributed by atoms with van der Waals surface area (Å²) in [5.74, 6) is -1.02. The van der Waals surface area contributed by atoms with Crippen molar-refractivity contribution >= 4 is 17.3 Å². The number of hydrogen-bond acceptors (Lipinski definition) is 8. The van der Waals surface area contributed by atoms with Gasteiger partial charge in [0.15, 0.2) is 0 Å². The molecule has 12 nitrogen and oxygen atoms in total. The zero-order valence-corrected chi connectivity index (χ0v) is 13.7. The van der Waals surface area contributed by atoms with Crippen molar-refractivity contribution in [3.05, 3.63) is 72.7 Å². The average molecular weight is 378 g/mol. The Morgan fingerprint density at radius 3 is 2.48 bits per heavy atom. The Labute approximate surface area is 150 Å². The van der Waals surface area contributed by atoms with Crippen LogP contribution in [0.2, 0.25) is 0 Å². The van der Waals surface area contributed by atoms with Crippen molar-refractivity contribution in [1.82, 2.24) is 4.57 Å². The Kier molecular flexibility index (Phi) is 5.82. The van der Waals surface area contributed by atoms with Crippen molar-refractivity contribution in [3.8, 4) is 5.75 Å². The summed E-state index contributed by atoms with van der Waals surface area (Å²) in [5, 5.41) is 31.7. The molecular formula is C15H14N4O8. The van der Waals surface area contributed by atoms with Gasteiger partial charge in [-0.05, 0) is 6.07 Å². The maximum absolute atomic E-state index is 12.1. The van der Waals surface area contributed by atoms with E-state index in [1.165, 1.54) is 18.2 Å². The monoisotopic (exact) mass is 378 g/mol. The molecule has 0 fully saturated rings. The number of amides is 1. The first-order valence-electron chi connectivity index (χ1n) is 7.43. The second kappa shape index (κ2) is 8.05. The number of pyridine rings is 1. The molecule has 0 radical (unpaired) electrons. The van der Waals surface area contributed by atoms with E-state index in [2.05, 4.69) is 0 Å². The molecule has 0 bridgehead atoms. The van der Waals surface area contributed by atoms with Crippen molar-refractivity contribution in [2.45, 2.75) is 12.6 Å². The van der Waals surface area contributed by atoms with Crippen LogP contribution in [0.1, 0.15) is 10.4 Å². The number of primary amides is 1. The SMILES string of the molecule is NC(=O)c1cc([N+](=O)[O-])cn(CC(O)COc2cccc([N+](=O)[O-])c2)c1=O. The van der Waals surface area contributed by atoms with Gasteiger partial charge in [0.25, 0.3) is 22.8 Å². The maximum atomic E-state index is 12.1. The molecule has 0 saturated heterocycles. The van der Waals surface area contributed by atoms with E-state index in [1.54, 1.807) is 0 Å². The summed E-state index contributed by atoms with van der Waals surface area (Å²) in [6.45, 7) is -0.780. The topological polar surface area (TPSA) is 181 Å². The van der Waals surface area contributed by atoms with Crippen molar-refractivity contribution in [1.29, 1.82) is 0 Å². The number of aromatic nitrogens is 1. The third kappa shape index (κ3) is 4.85. The van der Waals surface area contributed by atoms with Crippen LogP contribution in [-0.4, -0.2) is 38.1 Å². The number of hydrogen-bond donors (Lipinski definition) is 2. The van der Waals surface area contributed by atoms with Crippen LogP contribution >= 0.6 is 0 Å². The van der Waals surface area contributed by atoms with Gasteiger partial charge in [-0.15, -0.1) is 0 Å². The van der Waals surface area contributed by atoms with E-state index in [9.17, 15) is 34.9 Å². The minimum atomic E-state index is -1.30. The molecule has 0 spiro atoms. The quantitative estimate of drug-likeness (QED) is 0.482. The summed E-state index contributed by atoms with van der Waals surface area (Å²) in [6.07, 6.45) is -0.435. The predicted octanol–water partition coefficient (Wildman–Crippen LogP) is 0.203. The molecule has 2 rings (SSSR count). The summed E-state index contributed by atoms with van der Waals surface area (Å²) in [6, 6.07) is 6.00. The molecule has 0 aliphatic carbocycles. The van der Waals surface area contributed by atoms with Crippen LogP contribution in [0.15, 0.2) is 41.3 Å². The second-order valence-corrected chi connectivity index (χ2v) is 5.41.